The van der Waals surface area contributed by atoms with Crippen molar-refractivity contribution in [1.82, 2.24) is 15.1 Å². The molecule has 0 atom stereocenters. The first-order chi connectivity index (χ1) is 12.2. The van der Waals surface area contributed by atoms with Crippen molar-refractivity contribution in [2.45, 2.75) is 31.2 Å². The Morgan fingerprint density at radius 2 is 1.92 bits per heavy atom. The van der Waals surface area contributed by atoms with Gasteiger partial charge in [-0.15, -0.1) is 23.7 Å². The lowest BCUT2D eigenvalue weighted by Crippen LogP contribution is -2.34. The van der Waals surface area contributed by atoms with E-state index in [1.165, 1.54) is 11.3 Å². The molecule has 0 radical (unpaired) electrons. The summed E-state index contributed by atoms with van der Waals surface area (Å²) in [6.45, 7) is 0. The van der Waals surface area contributed by atoms with Crippen molar-refractivity contribution >= 4 is 34.6 Å². The van der Waals surface area contributed by atoms with E-state index in [4.69, 9.17) is 15.0 Å². The minimum absolute atomic E-state index is 0. The highest BCUT2D eigenvalue weighted by Crippen LogP contribution is 2.36. The molecular formula is C17H20ClN5O2S. The first-order valence-corrected chi connectivity index (χ1v) is 9.04. The van der Waals surface area contributed by atoms with Crippen molar-refractivity contribution in [2.75, 3.05) is 12.4 Å². The fourth-order valence-electron chi connectivity index (χ4n) is 2.99. The quantitative estimate of drug-likeness (QED) is 0.673. The molecule has 26 heavy (non-hydrogen) atoms. The minimum atomic E-state index is -0.456. The number of halogens is 1. The number of aromatic nitrogens is 3. The SMILES string of the molecule is COc1ccc(Nc2nc(-c3nc(C4(N)CCCC4)no3)cs2)cc1.Cl. The molecule has 0 aliphatic heterocycles. The summed E-state index contributed by atoms with van der Waals surface area (Å²) < 4.78 is 10.5. The number of thiazole rings is 1. The van der Waals surface area contributed by atoms with Crippen LogP contribution in [0.3, 0.4) is 0 Å². The summed E-state index contributed by atoms with van der Waals surface area (Å²) in [5.74, 6) is 1.80. The van der Waals surface area contributed by atoms with E-state index in [2.05, 4.69) is 20.4 Å². The fourth-order valence-corrected chi connectivity index (χ4v) is 3.69. The van der Waals surface area contributed by atoms with Crippen LogP contribution >= 0.6 is 23.7 Å². The lowest BCUT2D eigenvalue weighted by molar-refractivity contribution is 0.372. The Morgan fingerprint density at radius 1 is 1.19 bits per heavy atom. The summed E-state index contributed by atoms with van der Waals surface area (Å²) in [7, 11) is 1.64. The Bertz CT molecular complexity index is 858. The standard InChI is InChI=1S/C17H19N5O2S.ClH/c1-23-12-6-4-11(5-7-12)19-16-20-13(10-25-16)14-21-15(22-24-14)17(18)8-2-3-9-17;/h4-7,10H,2-3,8-9,18H2,1H3,(H,19,20);1H. The maximum absolute atomic E-state index is 6.38. The first kappa shape index (κ1) is 18.6. The molecule has 7 nitrogen and oxygen atoms in total. The van der Waals surface area contributed by atoms with Crippen LogP contribution in [-0.4, -0.2) is 22.2 Å². The number of hydrogen-bond acceptors (Lipinski definition) is 8. The maximum Gasteiger partial charge on any atom is 0.277 e. The molecule has 0 spiro atoms. The van der Waals surface area contributed by atoms with Gasteiger partial charge in [-0.2, -0.15) is 4.98 Å². The number of anilines is 2. The number of methoxy groups -OCH3 is 1. The molecule has 0 bridgehead atoms. The predicted molar refractivity (Wildman–Crippen MR) is 103 cm³/mol. The second-order valence-electron chi connectivity index (χ2n) is 6.18. The number of hydrogen-bond donors (Lipinski definition) is 2. The summed E-state index contributed by atoms with van der Waals surface area (Å²) in [6.07, 6.45) is 4.00. The zero-order valence-corrected chi connectivity index (χ0v) is 15.9. The maximum atomic E-state index is 6.38. The van der Waals surface area contributed by atoms with Gasteiger partial charge in [-0.1, -0.05) is 18.0 Å². The third-order valence-electron chi connectivity index (χ3n) is 4.43. The number of nitrogens with zero attached hydrogens (tertiary/aromatic N) is 3. The van der Waals surface area contributed by atoms with Crippen molar-refractivity contribution < 1.29 is 9.26 Å². The lowest BCUT2D eigenvalue weighted by atomic mass is 9.99. The van der Waals surface area contributed by atoms with Crippen LogP contribution in [0.5, 0.6) is 5.75 Å². The zero-order valence-electron chi connectivity index (χ0n) is 14.3. The Labute approximate surface area is 161 Å². The Morgan fingerprint density at radius 3 is 2.62 bits per heavy atom. The smallest absolute Gasteiger partial charge is 0.277 e. The van der Waals surface area contributed by atoms with Crippen LogP contribution in [0.25, 0.3) is 11.6 Å². The van der Waals surface area contributed by atoms with Gasteiger partial charge in [0.1, 0.15) is 11.4 Å². The topological polar surface area (TPSA) is 99.1 Å². The van der Waals surface area contributed by atoms with Crippen LogP contribution in [0, 0.1) is 0 Å². The van der Waals surface area contributed by atoms with Crippen LogP contribution in [0.15, 0.2) is 34.2 Å². The van der Waals surface area contributed by atoms with Gasteiger partial charge in [-0.25, -0.2) is 4.98 Å². The lowest BCUT2D eigenvalue weighted by Gasteiger charge is -2.17. The second kappa shape index (κ2) is 7.61. The van der Waals surface area contributed by atoms with E-state index in [0.717, 1.165) is 42.3 Å². The van der Waals surface area contributed by atoms with Gasteiger partial charge < -0.3 is 20.3 Å². The molecule has 4 rings (SSSR count). The summed E-state index contributed by atoms with van der Waals surface area (Å²) in [4.78, 5) is 8.99. The van der Waals surface area contributed by atoms with Gasteiger partial charge in [0.2, 0.25) is 0 Å². The molecule has 1 aliphatic rings. The van der Waals surface area contributed by atoms with Crippen LogP contribution in [0.4, 0.5) is 10.8 Å². The van der Waals surface area contributed by atoms with E-state index in [9.17, 15) is 0 Å². The highest BCUT2D eigenvalue weighted by molar-refractivity contribution is 7.14. The van der Waals surface area contributed by atoms with Crippen LogP contribution in [-0.2, 0) is 5.54 Å². The van der Waals surface area contributed by atoms with Gasteiger partial charge in [0.15, 0.2) is 11.0 Å². The van der Waals surface area contributed by atoms with E-state index >= 15 is 0 Å². The van der Waals surface area contributed by atoms with Crippen molar-refractivity contribution in [2.24, 2.45) is 5.73 Å². The average molecular weight is 394 g/mol. The van der Waals surface area contributed by atoms with Crippen LogP contribution < -0.4 is 15.8 Å². The number of benzene rings is 1. The fraction of sp³-hybridized carbons (Fsp3) is 0.353. The van der Waals surface area contributed by atoms with Crippen molar-refractivity contribution in [3.8, 4) is 17.3 Å². The predicted octanol–water partition coefficient (Wildman–Crippen LogP) is 4.10. The molecule has 3 aromatic rings. The van der Waals surface area contributed by atoms with E-state index in [-0.39, 0.29) is 12.4 Å². The normalized spacial score (nSPS) is 15.5. The minimum Gasteiger partial charge on any atom is -0.497 e. The molecule has 2 heterocycles. The molecule has 1 fully saturated rings. The van der Waals surface area contributed by atoms with Gasteiger partial charge >= 0.3 is 0 Å². The molecule has 1 aromatic carbocycles. The van der Waals surface area contributed by atoms with E-state index in [1.807, 2.05) is 29.6 Å². The monoisotopic (exact) mass is 393 g/mol. The molecule has 0 unspecified atom stereocenters. The van der Waals surface area contributed by atoms with Gasteiger partial charge in [-0.3, -0.25) is 0 Å². The summed E-state index contributed by atoms with van der Waals surface area (Å²) in [6, 6.07) is 7.65. The second-order valence-corrected chi connectivity index (χ2v) is 7.04. The molecule has 3 N–H and O–H groups in total. The number of rotatable bonds is 5. The van der Waals surface area contributed by atoms with Crippen LogP contribution in [0.2, 0.25) is 0 Å². The van der Waals surface area contributed by atoms with E-state index in [1.54, 1.807) is 7.11 Å². The van der Waals surface area contributed by atoms with E-state index < -0.39 is 5.54 Å². The van der Waals surface area contributed by atoms with Crippen molar-refractivity contribution in [1.29, 1.82) is 0 Å². The average Bonchev–Trinajstić information content (AvgIpc) is 3.36. The van der Waals surface area contributed by atoms with Crippen molar-refractivity contribution in [3.63, 3.8) is 0 Å². The molecule has 2 aromatic heterocycles. The number of ether oxygens (including phenoxy) is 1. The zero-order chi connectivity index (χ0) is 17.3. The van der Waals surface area contributed by atoms with Gasteiger partial charge in [0, 0.05) is 11.1 Å². The Kier molecular flexibility index (Phi) is 5.45. The Hall–Kier alpha value is -2.16. The summed E-state index contributed by atoms with van der Waals surface area (Å²) >= 11 is 1.48. The largest absolute Gasteiger partial charge is 0.497 e. The van der Waals surface area contributed by atoms with Gasteiger partial charge in [-0.05, 0) is 37.1 Å². The van der Waals surface area contributed by atoms with E-state index in [0.29, 0.717) is 17.4 Å². The highest BCUT2D eigenvalue weighted by atomic mass is 35.5. The first-order valence-electron chi connectivity index (χ1n) is 8.16. The molecular weight excluding hydrogens is 374 g/mol. The van der Waals surface area contributed by atoms with Crippen LogP contribution in [0.1, 0.15) is 31.5 Å². The third-order valence-corrected chi connectivity index (χ3v) is 5.19. The van der Waals surface area contributed by atoms with Gasteiger partial charge in [0.05, 0.1) is 12.6 Å². The molecule has 9 heteroatoms. The molecule has 1 saturated carbocycles. The van der Waals surface area contributed by atoms with Gasteiger partial charge in [0.25, 0.3) is 5.89 Å². The Balaban J connectivity index is 0.00000196. The third kappa shape index (κ3) is 3.67. The molecule has 1 aliphatic carbocycles. The number of nitrogens with two attached hydrogens (primary N) is 1. The number of nitrogens with one attached hydrogen (secondary N) is 1. The summed E-state index contributed by atoms with van der Waals surface area (Å²) in [5, 5.41) is 9.97. The molecule has 0 amide bonds. The summed E-state index contributed by atoms with van der Waals surface area (Å²) in [5.41, 5.74) is 7.51. The van der Waals surface area contributed by atoms with Crippen molar-refractivity contribution in [3.05, 3.63) is 35.5 Å². The molecule has 138 valence electrons. The highest BCUT2D eigenvalue weighted by Gasteiger charge is 2.36. The molecule has 0 saturated heterocycles.